The van der Waals surface area contributed by atoms with Crippen LogP contribution < -0.4 is 9.47 Å². The summed E-state index contributed by atoms with van der Waals surface area (Å²) in [5.74, 6) is -0.298. The van der Waals surface area contributed by atoms with Crippen LogP contribution in [0.3, 0.4) is 0 Å². The van der Waals surface area contributed by atoms with Crippen molar-refractivity contribution in [3.63, 3.8) is 0 Å². The lowest BCUT2D eigenvalue weighted by atomic mass is 10.0. The van der Waals surface area contributed by atoms with Crippen molar-refractivity contribution in [3.8, 4) is 39.4 Å². The van der Waals surface area contributed by atoms with Crippen molar-refractivity contribution in [3.05, 3.63) is 59.1 Å². The zero-order chi connectivity index (χ0) is 21.3. The summed E-state index contributed by atoms with van der Waals surface area (Å²) in [4.78, 5) is 20.0. The van der Waals surface area contributed by atoms with E-state index in [9.17, 15) is 9.90 Å². The van der Waals surface area contributed by atoms with E-state index in [1.807, 2.05) is 43.3 Å². The highest BCUT2D eigenvalue weighted by molar-refractivity contribution is 7.12. The first kappa shape index (κ1) is 19.6. The zero-order valence-corrected chi connectivity index (χ0v) is 17.3. The molecular weight excluding hydrogens is 404 g/mol. The van der Waals surface area contributed by atoms with Crippen LogP contribution in [0.1, 0.15) is 16.1 Å². The maximum Gasteiger partial charge on any atom is 0.355 e. The molecule has 0 saturated heterocycles. The third-order valence-corrected chi connectivity index (χ3v) is 5.37. The highest BCUT2D eigenvalue weighted by atomic mass is 32.1. The SMILES string of the molecule is COc1ccc(-c2c(C)c(-c3ccccc3)nn2-c2nc(C(=O)O)cs2)c(OC)n1. The summed E-state index contributed by atoms with van der Waals surface area (Å²) in [5.41, 5.74) is 3.96. The van der Waals surface area contributed by atoms with Crippen molar-refractivity contribution >= 4 is 17.3 Å². The molecule has 1 N–H and O–H groups in total. The first-order valence-electron chi connectivity index (χ1n) is 8.97. The number of rotatable bonds is 6. The van der Waals surface area contributed by atoms with Gasteiger partial charge in [0.15, 0.2) is 5.69 Å². The Kier molecular flexibility index (Phi) is 5.20. The quantitative estimate of drug-likeness (QED) is 0.500. The van der Waals surface area contributed by atoms with Gasteiger partial charge in [0.1, 0.15) is 0 Å². The molecule has 9 heteroatoms. The Labute approximate surface area is 176 Å². The fourth-order valence-electron chi connectivity index (χ4n) is 3.15. The van der Waals surface area contributed by atoms with Gasteiger partial charge in [0.2, 0.25) is 16.9 Å². The summed E-state index contributed by atoms with van der Waals surface area (Å²) in [6, 6.07) is 13.3. The number of carboxylic acid groups (broad SMARTS) is 1. The highest BCUT2D eigenvalue weighted by Gasteiger charge is 2.24. The number of benzene rings is 1. The molecule has 0 atom stereocenters. The molecule has 0 aliphatic rings. The minimum Gasteiger partial charge on any atom is -0.481 e. The second-order valence-electron chi connectivity index (χ2n) is 6.33. The average molecular weight is 422 g/mol. The largest absolute Gasteiger partial charge is 0.481 e. The standard InChI is InChI=1S/C21H18N4O4S/c1-12-17(13-7-5-4-6-8-13)24-25(21-22-15(11-30-21)20(26)27)18(12)14-9-10-16(28-2)23-19(14)29-3/h4-11H,1-3H3,(H,26,27). The molecule has 0 aliphatic carbocycles. The van der Waals surface area contributed by atoms with Crippen molar-refractivity contribution in [2.75, 3.05) is 14.2 Å². The summed E-state index contributed by atoms with van der Waals surface area (Å²) >= 11 is 1.20. The van der Waals surface area contributed by atoms with Gasteiger partial charge in [0, 0.05) is 22.6 Å². The second kappa shape index (κ2) is 7.96. The van der Waals surface area contributed by atoms with Gasteiger partial charge in [-0.25, -0.2) is 14.5 Å². The lowest BCUT2D eigenvalue weighted by Crippen LogP contribution is -2.03. The number of aromatic nitrogens is 4. The maximum absolute atomic E-state index is 11.3. The van der Waals surface area contributed by atoms with Gasteiger partial charge in [-0.2, -0.15) is 10.1 Å². The zero-order valence-electron chi connectivity index (χ0n) is 16.5. The van der Waals surface area contributed by atoms with Crippen molar-refractivity contribution in [2.45, 2.75) is 6.92 Å². The van der Waals surface area contributed by atoms with Gasteiger partial charge in [-0.15, -0.1) is 11.3 Å². The van der Waals surface area contributed by atoms with Crippen LogP contribution in [0.15, 0.2) is 47.8 Å². The third-order valence-electron chi connectivity index (χ3n) is 4.55. The number of carbonyl (C=O) groups is 1. The minimum absolute atomic E-state index is 0.0322. The van der Waals surface area contributed by atoms with E-state index in [0.717, 1.165) is 16.8 Å². The molecule has 3 heterocycles. The Hall–Kier alpha value is -3.72. The number of aromatic carboxylic acids is 1. The van der Waals surface area contributed by atoms with Crippen molar-refractivity contribution in [2.24, 2.45) is 0 Å². The number of ether oxygens (including phenoxy) is 2. The summed E-state index contributed by atoms with van der Waals surface area (Å²) in [6.07, 6.45) is 0. The van der Waals surface area contributed by atoms with Gasteiger partial charge in [0.05, 0.1) is 31.2 Å². The van der Waals surface area contributed by atoms with Crippen LogP contribution in [0, 0.1) is 6.92 Å². The molecule has 1 aromatic carbocycles. The molecule has 30 heavy (non-hydrogen) atoms. The molecule has 0 amide bonds. The van der Waals surface area contributed by atoms with Gasteiger partial charge in [0.25, 0.3) is 0 Å². The van der Waals surface area contributed by atoms with Crippen LogP contribution in [0.5, 0.6) is 11.8 Å². The van der Waals surface area contributed by atoms with Crippen LogP contribution in [0.4, 0.5) is 0 Å². The topological polar surface area (TPSA) is 99.4 Å². The molecule has 4 aromatic rings. The fourth-order valence-corrected chi connectivity index (χ4v) is 3.91. The Morgan fingerprint density at radius 2 is 1.83 bits per heavy atom. The van der Waals surface area contributed by atoms with Gasteiger partial charge >= 0.3 is 5.97 Å². The predicted molar refractivity (Wildman–Crippen MR) is 113 cm³/mol. The van der Waals surface area contributed by atoms with E-state index >= 15 is 0 Å². The van der Waals surface area contributed by atoms with Gasteiger partial charge < -0.3 is 14.6 Å². The lowest BCUT2D eigenvalue weighted by molar-refractivity contribution is 0.0691. The number of hydrogen-bond donors (Lipinski definition) is 1. The first-order valence-corrected chi connectivity index (χ1v) is 9.85. The molecule has 8 nitrogen and oxygen atoms in total. The minimum atomic E-state index is -1.09. The summed E-state index contributed by atoms with van der Waals surface area (Å²) in [5, 5.41) is 16.0. The van der Waals surface area contributed by atoms with E-state index in [2.05, 4.69) is 9.97 Å². The number of methoxy groups -OCH3 is 2. The van der Waals surface area contributed by atoms with E-state index in [0.29, 0.717) is 28.1 Å². The summed E-state index contributed by atoms with van der Waals surface area (Å²) in [7, 11) is 3.07. The highest BCUT2D eigenvalue weighted by Crippen LogP contribution is 2.38. The number of nitrogens with zero attached hydrogens (tertiary/aromatic N) is 4. The molecule has 0 aliphatic heterocycles. The number of hydrogen-bond acceptors (Lipinski definition) is 7. The Morgan fingerprint density at radius 3 is 2.47 bits per heavy atom. The molecule has 3 aromatic heterocycles. The summed E-state index contributed by atoms with van der Waals surface area (Å²) in [6.45, 7) is 1.95. The Morgan fingerprint density at radius 1 is 1.07 bits per heavy atom. The molecular formula is C21H18N4O4S. The van der Waals surface area contributed by atoms with E-state index < -0.39 is 5.97 Å². The molecule has 0 radical (unpaired) electrons. The number of pyridine rings is 1. The number of thiazole rings is 1. The normalized spacial score (nSPS) is 10.8. The molecule has 4 rings (SSSR count). The lowest BCUT2D eigenvalue weighted by Gasteiger charge is -2.11. The summed E-state index contributed by atoms with van der Waals surface area (Å²) < 4.78 is 12.4. The van der Waals surface area contributed by atoms with E-state index in [4.69, 9.17) is 14.6 Å². The van der Waals surface area contributed by atoms with E-state index in [-0.39, 0.29) is 5.69 Å². The third kappa shape index (κ3) is 3.39. The first-order chi connectivity index (χ1) is 14.5. The molecule has 0 saturated carbocycles. The maximum atomic E-state index is 11.3. The van der Waals surface area contributed by atoms with Gasteiger partial charge in [-0.1, -0.05) is 30.3 Å². The monoisotopic (exact) mass is 422 g/mol. The van der Waals surface area contributed by atoms with Gasteiger partial charge in [-0.3, -0.25) is 0 Å². The second-order valence-corrected chi connectivity index (χ2v) is 7.17. The smallest absolute Gasteiger partial charge is 0.355 e. The van der Waals surface area contributed by atoms with Crippen LogP contribution in [-0.4, -0.2) is 45.0 Å². The molecule has 0 spiro atoms. The predicted octanol–water partition coefficient (Wildman–Crippen LogP) is 4.08. The van der Waals surface area contributed by atoms with Crippen molar-refractivity contribution < 1.29 is 19.4 Å². The molecule has 0 unspecified atom stereocenters. The average Bonchev–Trinajstić information content (AvgIpc) is 3.39. The van der Waals surface area contributed by atoms with E-state index in [1.54, 1.807) is 10.7 Å². The van der Waals surface area contributed by atoms with Crippen LogP contribution in [0.25, 0.3) is 27.6 Å². The van der Waals surface area contributed by atoms with Crippen LogP contribution in [0.2, 0.25) is 0 Å². The number of carboxylic acids is 1. The van der Waals surface area contributed by atoms with Crippen molar-refractivity contribution in [1.82, 2.24) is 19.7 Å². The molecule has 0 fully saturated rings. The fraction of sp³-hybridized carbons (Fsp3) is 0.143. The van der Waals surface area contributed by atoms with Crippen LogP contribution >= 0.6 is 11.3 Å². The van der Waals surface area contributed by atoms with Crippen LogP contribution in [-0.2, 0) is 0 Å². The van der Waals surface area contributed by atoms with E-state index in [1.165, 1.54) is 30.9 Å². The van der Waals surface area contributed by atoms with Crippen molar-refractivity contribution in [1.29, 1.82) is 0 Å². The Balaban J connectivity index is 1.98. The molecule has 152 valence electrons. The Bertz CT molecular complexity index is 1220. The molecule has 0 bridgehead atoms. The van der Waals surface area contributed by atoms with Gasteiger partial charge in [-0.05, 0) is 13.0 Å².